The van der Waals surface area contributed by atoms with Crippen LogP contribution < -0.4 is 10.6 Å². The number of hydrogen-bond donors (Lipinski definition) is 2. The molecule has 0 aromatic heterocycles. The van der Waals surface area contributed by atoms with Crippen molar-refractivity contribution in [1.29, 1.82) is 0 Å². The normalized spacial score (nSPS) is 12.2. The summed E-state index contributed by atoms with van der Waals surface area (Å²) in [6.45, 7) is 5.55. The molecule has 0 saturated heterocycles. The Hall–Kier alpha value is -1.00. The molecule has 1 rings (SSSR count). The van der Waals surface area contributed by atoms with Crippen molar-refractivity contribution in [2.45, 2.75) is 32.1 Å². The zero-order chi connectivity index (χ0) is 13.4. The maximum Gasteiger partial charge on any atom is 0.221 e. The van der Waals surface area contributed by atoms with Gasteiger partial charge in [-0.05, 0) is 30.9 Å². The monoisotopic (exact) mass is 266 g/mol. The molecule has 0 radical (unpaired) electrons. The summed E-state index contributed by atoms with van der Waals surface area (Å²) >= 11 is 1.89. The van der Waals surface area contributed by atoms with Gasteiger partial charge < -0.3 is 10.6 Å². The van der Waals surface area contributed by atoms with Crippen LogP contribution in [0.5, 0.6) is 0 Å². The molecule has 0 aliphatic heterocycles. The Morgan fingerprint density at radius 2 is 2.11 bits per heavy atom. The molecule has 0 saturated carbocycles. The van der Waals surface area contributed by atoms with Crippen LogP contribution >= 0.6 is 11.8 Å². The molecule has 3 nitrogen and oxygen atoms in total. The average molecular weight is 266 g/mol. The first-order chi connectivity index (χ1) is 8.63. The number of para-hydroxylation sites is 1. The number of hydrogen-bond acceptors (Lipinski definition) is 3. The first-order valence-corrected chi connectivity index (χ1v) is 7.51. The fourth-order valence-corrected chi connectivity index (χ4v) is 1.99. The molecular weight excluding hydrogens is 244 g/mol. The van der Waals surface area contributed by atoms with Crippen molar-refractivity contribution in [3.05, 3.63) is 29.8 Å². The van der Waals surface area contributed by atoms with E-state index in [1.165, 1.54) is 6.92 Å². The number of anilines is 1. The molecule has 0 fully saturated rings. The predicted octanol–water partition coefficient (Wildman–Crippen LogP) is 2.88. The lowest BCUT2D eigenvalue weighted by Crippen LogP contribution is -2.19. The van der Waals surface area contributed by atoms with Crippen molar-refractivity contribution in [2.75, 3.05) is 18.1 Å². The van der Waals surface area contributed by atoms with E-state index in [-0.39, 0.29) is 5.91 Å². The largest absolute Gasteiger partial charge is 0.326 e. The molecule has 1 unspecified atom stereocenters. The third-order valence-corrected chi connectivity index (χ3v) is 3.81. The van der Waals surface area contributed by atoms with Crippen molar-refractivity contribution in [3.8, 4) is 0 Å². The van der Waals surface area contributed by atoms with Gasteiger partial charge >= 0.3 is 0 Å². The third-order valence-electron chi connectivity index (χ3n) is 2.77. The van der Waals surface area contributed by atoms with Gasteiger partial charge in [-0.1, -0.05) is 25.1 Å². The molecule has 0 aliphatic rings. The van der Waals surface area contributed by atoms with Crippen LogP contribution in [-0.2, 0) is 11.3 Å². The minimum atomic E-state index is -0.0292. The lowest BCUT2D eigenvalue weighted by atomic mass is 10.1. The second kappa shape index (κ2) is 8.16. The number of benzene rings is 1. The molecule has 1 amide bonds. The van der Waals surface area contributed by atoms with Gasteiger partial charge in [0.1, 0.15) is 0 Å². The molecule has 0 bridgehead atoms. The van der Waals surface area contributed by atoms with Gasteiger partial charge in [0.15, 0.2) is 0 Å². The van der Waals surface area contributed by atoms with Gasteiger partial charge in [0.05, 0.1) is 0 Å². The predicted molar refractivity (Wildman–Crippen MR) is 80.0 cm³/mol. The smallest absolute Gasteiger partial charge is 0.221 e. The highest BCUT2D eigenvalue weighted by atomic mass is 32.2. The lowest BCUT2D eigenvalue weighted by Gasteiger charge is -2.12. The van der Waals surface area contributed by atoms with Crippen LogP contribution in [0.25, 0.3) is 0 Å². The van der Waals surface area contributed by atoms with Gasteiger partial charge in [-0.2, -0.15) is 11.8 Å². The summed E-state index contributed by atoms with van der Waals surface area (Å²) in [5.41, 5.74) is 2.03. The summed E-state index contributed by atoms with van der Waals surface area (Å²) in [6.07, 6.45) is 3.29. The zero-order valence-corrected chi connectivity index (χ0v) is 12.1. The van der Waals surface area contributed by atoms with Crippen molar-refractivity contribution >= 4 is 23.4 Å². The van der Waals surface area contributed by atoms with Gasteiger partial charge in [0, 0.05) is 24.4 Å². The standard InChI is InChI=1S/C14H22N2OS/c1-11(18-3)8-9-15-10-13-6-4-5-7-14(13)16-12(2)17/h4-7,11,15H,8-10H2,1-3H3,(H,16,17). The first-order valence-electron chi connectivity index (χ1n) is 6.22. The molecule has 100 valence electrons. The van der Waals surface area contributed by atoms with E-state index in [0.29, 0.717) is 5.25 Å². The van der Waals surface area contributed by atoms with Crippen LogP contribution in [0.3, 0.4) is 0 Å². The topological polar surface area (TPSA) is 41.1 Å². The molecule has 4 heteroatoms. The Labute approximate surface area is 114 Å². The van der Waals surface area contributed by atoms with Crippen molar-refractivity contribution in [2.24, 2.45) is 0 Å². The van der Waals surface area contributed by atoms with Crippen molar-refractivity contribution < 1.29 is 4.79 Å². The molecule has 1 aromatic rings. The molecule has 0 aliphatic carbocycles. The summed E-state index contributed by atoms with van der Waals surface area (Å²) < 4.78 is 0. The van der Waals surface area contributed by atoms with E-state index in [4.69, 9.17) is 0 Å². The summed E-state index contributed by atoms with van der Waals surface area (Å²) in [5, 5.41) is 6.95. The van der Waals surface area contributed by atoms with E-state index in [9.17, 15) is 4.79 Å². The summed E-state index contributed by atoms with van der Waals surface area (Å²) in [4.78, 5) is 11.1. The van der Waals surface area contributed by atoms with E-state index in [0.717, 1.165) is 30.8 Å². The van der Waals surface area contributed by atoms with Crippen LogP contribution in [0, 0.1) is 0 Å². The van der Waals surface area contributed by atoms with Gasteiger partial charge in [-0.25, -0.2) is 0 Å². The van der Waals surface area contributed by atoms with E-state index in [1.807, 2.05) is 36.0 Å². The maximum atomic E-state index is 11.1. The fourth-order valence-electron chi connectivity index (χ4n) is 1.63. The van der Waals surface area contributed by atoms with Crippen LogP contribution in [0.2, 0.25) is 0 Å². The lowest BCUT2D eigenvalue weighted by molar-refractivity contribution is -0.114. The first kappa shape index (κ1) is 15.1. The fraction of sp³-hybridized carbons (Fsp3) is 0.500. The number of nitrogens with one attached hydrogen (secondary N) is 2. The van der Waals surface area contributed by atoms with Gasteiger partial charge in [-0.3, -0.25) is 4.79 Å². The van der Waals surface area contributed by atoms with Crippen molar-refractivity contribution in [3.63, 3.8) is 0 Å². The zero-order valence-electron chi connectivity index (χ0n) is 11.3. The van der Waals surface area contributed by atoms with Gasteiger partial charge in [-0.15, -0.1) is 0 Å². The number of thioether (sulfide) groups is 1. The molecule has 1 aromatic carbocycles. The van der Waals surface area contributed by atoms with Gasteiger partial charge in [0.25, 0.3) is 0 Å². The summed E-state index contributed by atoms with van der Waals surface area (Å²) in [6, 6.07) is 7.90. The highest BCUT2D eigenvalue weighted by Gasteiger charge is 2.03. The van der Waals surface area contributed by atoms with Crippen LogP contribution in [0.4, 0.5) is 5.69 Å². The highest BCUT2D eigenvalue weighted by Crippen LogP contribution is 2.15. The Morgan fingerprint density at radius 1 is 1.39 bits per heavy atom. The minimum absolute atomic E-state index is 0.0292. The molecule has 1 atom stereocenters. The summed E-state index contributed by atoms with van der Waals surface area (Å²) in [5.74, 6) is -0.0292. The molecule has 18 heavy (non-hydrogen) atoms. The third kappa shape index (κ3) is 5.56. The molecule has 0 spiro atoms. The second-order valence-corrected chi connectivity index (χ2v) is 5.63. The Bertz CT molecular complexity index is 382. The van der Waals surface area contributed by atoms with Crippen molar-refractivity contribution in [1.82, 2.24) is 5.32 Å². The number of amides is 1. The Morgan fingerprint density at radius 3 is 2.78 bits per heavy atom. The number of carbonyl (C=O) groups excluding carboxylic acids is 1. The minimum Gasteiger partial charge on any atom is -0.326 e. The number of carbonyl (C=O) groups is 1. The van der Waals surface area contributed by atoms with Gasteiger partial charge in [0.2, 0.25) is 5.91 Å². The average Bonchev–Trinajstić information content (AvgIpc) is 2.35. The highest BCUT2D eigenvalue weighted by molar-refractivity contribution is 7.99. The van der Waals surface area contributed by atoms with Crippen LogP contribution in [0.1, 0.15) is 25.8 Å². The van der Waals surface area contributed by atoms with Crippen LogP contribution in [-0.4, -0.2) is 24.0 Å². The number of rotatable bonds is 7. The Balaban J connectivity index is 2.44. The van der Waals surface area contributed by atoms with E-state index >= 15 is 0 Å². The van der Waals surface area contributed by atoms with E-state index in [2.05, 4.69) is 23.8 Å². The van der Waals surface area contributed by atoms with E-state index < -0.39 is 0 Å². The molecular formula is C14H22N2OS. The molecule has 2 N–H and O–H groups in total. The Kier molecular flexibility index (Phi) is 6.83. The molecule has 0 heterocycles. The maximum absolute atomic E-state index is 11.1. The second-order valence-electron chi connectivity index (χ2n) is 4.35. The summed E-state index contributed by atoms with van der Waals surface area (Å²) in [7, 11) is 0. The SMILES string of the molecule is CSC(C)CCNCc1ccccc1NC(C)=O. The van der Waals surface area contributed by atoms with Crippen LogP contribution in [0.15, 0.2) is 24.3 Å². The van der Waals surface area contributed by atoms with E-state index in [1.54, 1.807) is 0 Å². The quantitative estimate of drug-likeness (QED) is 0.746.